The number of benzene rings is 1. The summed E-state index contributed by atoms with van der Waals surface area (Å²) < 4.78 is 5.08. The molecule has 0 saturated carbocycles. The Kier molecular flexibility index (Phi) is 6.71. The van der Waals surface area contributed by atoms with Gasteiger partial charge >= 0.3 is 0 Å². The Bertz CT molecular complexity index is 937. The zero-order valence-corrected chi connectivity index (χ0v) is 15.1. The summed E-state index contributed by atoms with van der Waals surface area (Å²) in [5.41, 5.74) is 2.35. The molecule has 8 nitrogen and oxygen atoms in total. The molecule has 1 amide bonds. The molecule has 1 N–H and O–H groups in total. The van der Waals surface area contributed by atoms with Crippen LogP contribution >= 0.6 is 0 Å². The van der Waals surface area contributed by atoms with Crippen LogP contribution in [-0.4, -0.2) is 44.5 Å². The van der Waals surface area contributed by atoms with Crippen molar-refractivity contribution in [2.45, 2.75) is 13.0 Å². The van der Waals surface area contributed by atoms with Crippen LogP contribution in [0.2, 0.25) is 0 Å². The van der Waals surface area contributed by atoms with E-state index >= 15 is 0 Å². The van der Waals surface area contributed by atoms with Crippen molar-refractivity contribution in [2.24, 2.45) is 0 Å². The quantitative estimate of drug-likeness (QED) is 0.472. The number of ether oxygens (including phenoxy) is 1. The van der Waals surface area contributed by atoms with Gasteiger partial charge in [-0.1, -0.05) is 36.3 Å². The molecule has 1 aromatic carbocycles. The Balaban J connectivity index is 1.54. The Labute approximate surface area is 162 Å². The van der Waals surface area contributed by atoms with Crippen molar-refractivity contribution in [3.63, 3.8) is 0 Å². The van der Waals surface area contributed by atoms with Gasteiger partial charge < -0.3 is 10.1 Å². The van der Waals surface area contributed by atoms with E-state index in [-0.39, 0.29) is 18.9 Å². The van der Waals surface area contributed by atoms with Crippen LogP contribution in [-0.2, 0) is 16.1 Å². The molecule has 0 unspecified atom stereocenters. The van der Waals surface area contributed by atoms with Gasteiger partial charge in [-0.15, -0.1) is 26.8 Å². The molecule has 3 aromatic rings. The zero-order valence-electron chi connectivity index (χ0n) is 15.1. The largest absolute Gasteiger partial charge is 0.368 e. The number of aromatic nitrogens is 5. The number of carbonyl (C=O) groups excluding carboxylic acids is 1. The first kappa shape index (κ1) is 19.1. The number of pyridine rings is 1. The molecule has 0 saturated heterocycles. The first-order chi connectivity index (χ1) is 13.8. The molecule has 8 heteroatoms. The molecule has 28 heavy (non-hydrogen) atoms. The van der Waals surface area contributed by atoms with Crippen molar-refractivity contribution in [3.8, 4) is 35.2 Å². The second kappa shape index (κ2) is 9.85. The van der Waals surface area contributed by atoms with Crippen molar-refractivity contribution in [1.29, 1.82) is 0 Å². The Morgan fingerprint density at radius 3 is 2.46 bits per heavy atom. The predicted molar refractivity (Wildman–Crippen MR) is 102 cm³/mol. The monoisotopic (exact) mass is 374 g/mol. The lowest BCUT2D eigenvalue weighted by molar-refractivity contribution is -0.122. The molecule has 0 bridgehead atoms. The van der Waals surface area contributed by atoms with Gasteiger partial charge in [-0.05, 0) is 17.7 Å². The number of nitrogens with one attached hydrogen (secondary N) is 1. The smallest absolute Gasteiger partial charge is 0.222 e. The maximum atomic E-state index is 11.7. The SMILES string of the molecule is C#CCOCCC(=O)NCc1ccc(-c2nnc(-c3ccccn3)nn2)cc1. The summed E-state index contributed by atoms with van der Waals surface area (Å²) >= 11 is 0. The van der Waals surface area contributed by atoms with Crippen LogP contribution in [0.3, 0.4) is 0 Å². The van der Waals surface area contributed by atoms with Gasteiger partial charge in [0.2, 0.25) is 17.6 Å². The van der Waals surface area contributed by atoms with Gasteiger partial charge in [0.1, 0.15) is 12.3 Å². The Hall–Kier alpha value is -3.70. The summed E-state index contributed by atoms with van der Waals surface area (Å²) in [4.78, 5) is 15.9. The summed E-state index contributed by atoms with van der Waals surface area (Å²) in [6, 6.07) is 13.0. The van der Waals surface area contributed by atoms with Crippen molar-refractivity contribution in [3.05, 3.63) is 54.2 Å². The van der Waals surface area contributed by atoms with Crippen molar-refractivity contribution >= 4 is 5.91 Å². The molecule has 0 aliphatic heterocycles. The Morgan fingerprint density at radius 2 is 1.79 bits per heavy atom. The first-order valence-corrected chi connectivity index (χ1v) is 8.62. The van der Waals surface area contributed by atoms with Crippen LogP contribution in [0.25, 0.3) is 22.9 Å². The van der Waals surface area contributed by atoms with Gasteiger partial charge in [0.25, 0.3) is 0 Å². The Morgan fingerprint density at radius 1 is 1.04 bits per heavy atom. The van der Waals surface area contributed by atoms with Gasteiger partial charge in [-0.25, -0.2) is 0 Å². The molecule has 140 valence electrons. The minimum atomic E-state index is -0.0945. The highest BCUT2D eigenvalue weighted by atomic mass is 16.5. The van der Waals surface area contributed by atoms with E-state index < -0.39 is 0 Å². The normalized spacial score (nSPS) is 10.2. The zero-order chi connectivity index (χ0) is 19.6. The van der Waals surface area contributed by atoms with Gasteiger partial charge in [0.05, 0.1) is 13.0 Å². The molecule has 2 aromatic heterocycles. The van der Waals surface area contributed by atoms with Crippen molar-refractivity contribution in [1.82, 2.24) is 30.7 Å². The number of rotatable bonds is 8. The molecule has 0 spiro atoms. The second-order valence-electron chi connectivity index (χ2n) is 5.74. The van der Waals surface area contributed by atoms with Gasteiger partial charge in [0, 0.05) is 18.3 Å². The first-order valence-electron chi connectivity index (χ1n) is 8.62. The summed E-state index contributed by atoms with van der Waals surface area (Å²) in [5.74, 6) is 3.05. The number of carbonyl (C=O) groups is 1. The molecule has 0 radical (unpaired) electrons. The lowest BCUT2D eigenvalue weighted by Gasteiger charge is -2.06. The summed E-state index contributed by atoms with van der Waals surface area (Å²) in [6.07, 6.45) is 7.01. The van der Waals surface area contributed by atoms with E-state index in [2.05, 4.69) is 36.6 Å². The van der Waals surface area contributed by atoms with Crippen LogP contribution in [0.1, 0.15) is 12.0 Å². The molecule has 0 aliphatic carbocycles. The fourth-order valence-electron chi connectivity index (χ4n) is 2.30. The van der Waals surface area contributed by atoms with Gasteiger partial charge in [0.15, 0.2) is 0 Å². The van der Waals surface area contributed by atoms with Crippen molar-refractivity contribution in [2.75, 3.05) is 13.2 Å². The maximum absolute atomic E-state index is 11.7. The highest BCUT2D eigenvalue weighted by Crippen LogP contribution is 2.15. The summed E-state index contributed by atoms with van der Waals surface area (Å²) in [7, 11) is 0. The molecular formula is C20H18N6O2. The average Bonchev–Trinajstić information content (AvgIpc) is 2.76. The lowest BCUT2D eigenvalue weighted by atomic mass is 10.1. The van der Waals surface area contributed by atoms with Gasteiger partial charge in [-0.2, -0.15) is 0 Å². The van der Waals surface area contributed by atoms with Crippen LogP contribution in [0.5, 0.6) is 0 Å². The third-order valence-corrected chi connectivity index (χ3v) is 3.73. The third-order valence-electron chi connectivity index (χ3n) is 3.73. The van der Waals surface area contributed by atoms with E-state index in [1.807, 2.05) is 36.4 Å². The average molecular weight is 374 g/mol. The number of terminal acetylenes is 1. The van der Waals surface area contributed by atoms with E-state index in [9.17, 15) is 4.79 Å². The fourth-order valence-corrected chi connectivity index (χ4v) is 2.30. The standard InChI is InChI=1S/C20H18N6O2/c1-2-12-28-13-10-18(27)22-14-15-6-8-16(9-7-15)19-23-25-20(26-24-19)17-5-3-4-11-21-17/h1,3-9,11H,10,12-14H2,(H,22,27). The van der Waals surface area contributed by atoms with Crippen LogP contribution in [0, 0.1) is 12.3 Å². The maximum Gasteiger partial charge on any atom is 0.222 e. The highest BCUT2D eigenvalue weighted by Gasteiger charge is 2.07. The van der Waals surface area contributed by atoms with Gasteiger partial charge in [-0.3, -0.25) is 9.78 Å². The van der Waals surface area contributed by atoms with Crippen LogP contribution in [0.15, 0.2) is 48.7 Å². The number of hydrogen-bond donors (Lipinski definition) is 1. The van der Waals surface area contributed by atoms with E-state index in [0.29, 0.717) is 30.5 Å². The van der Waals surface area contributed by atoms with E-state index in [1.165, 1.54) is 0 Å². The lowest BCUT2D eigenvalue weighted by Crippen LogP contribution is -2.23. The molecule has 0 fully saturated rings. The number of hydrogen-bond acceptors (Lipinski definition) is 7. The van der Waals surface area contributed by atoms with Crippen LogP contribution in [0.4, 0.5) is 0 Å². The second-order valence-corrected chi connectivity index (χ2v) is 5.74. The molecule has 3 rings (SSSR count). The fraction of sp³-hybridized carbons (Fsp3) is 0.200. The summed E-state index contributed by atoms with van der Waals surface area (Å²) in [5, 5.41) is 19.2. The minimum absolute atomic E-state index is 0.0945. The molecule has 0 aliphatic rings. The highest BCUT2D eigenvalue weighted by molar-refractivity contribution is 5.76. The number of nitrogens with zero attached hydrogens (tertiary/aromatic N) is 5. The topological polar surface area (TPSA) is 103 Å². The van der Waals surface area contributed by atoms with Crippen LogP contribution < -0.4 is 5.32 Å². The van der Waals surface area contributed by atoms with E-state index in [1.54, 1.807) is 12.3 Å². The molecular weight excluding hydrogens is 356 g/mol. The van der Waals surface area contributed by atoms with E-state index in [4.69, 9.17) is 11.2 Å². The van der Waals surface area contributed by atoms with Crippen molar-refractivity contribution < 1.29 is 9.53 Å². The summed E-state index contributed by atoms with van der Waals surface area (Å²) in [6.45, 7) is 0.939. The number of amides is 1. The molecule has 0 atom stereocenters. The third kappa shape index (κ3) is 5.40. The predicted octanol–water partition coefficient (Wildman–Crippen LogP) is 1.65. The van der Waals surface area contributed by atoms with E-state index in [0.717, 1.165) is 11.1 Å². The molecule has 2 heterocycles. The minimum Gasteiger partial charge on any atom is -0.368 e.